The number of carbonyl (C=O) groups is 1. The Morgan fingerprint density at radius 3 is 2.70 bits per heavy atom. The predicted molar refractivity (Wildman–Crippen MR) is 37.0 cm³/mol. The smallest absolute Gasteiger partial charge is 0.323 e. The van der Waals surface area contributed by atoms with E-state index in [-0.39, 0.29) is 6.61 Å². The third kappa shape index (κ3) is 3.42. The van der Waals surface area contributed by atoms with Crippen LogP contribution in [0.1, 0.15) is 6.92 Å². The maximum absolute atomic E-state index is 10.3. The van der Waals surface area contributed by atoms with Crippen LogP contribution in [0.3, 0.4) is 0 Å². The van der Waals surface area contributed by atoms with E-state index >= 15 is 0 Å². The van der Waals surface area contributed by atoms with E-state index in [1.807, 2.05) is 6.92 Å². The molecule has 0 aromatic heterocycles. The summed E-state index contributed by atoms with van der Waals surface area (Å²) in [7, 11) is 1.60. The number of aliphatic carboxylic acids is 1. The van der Waals surface area contributed by atoms with Gasteiger partial charge >= 0.3 is 5.97 Å². The van der Waals surface area contributed by atoms with Crippen molar-refractivity contribution < 1.29 is 14.6 Å². The Balaban J connectivity index is 3.50. The topological polar surface area (TPSA) is 58.6 Å². The van der Waals surface area contributed by atoms with Gasteiger partial charge in [0, 0.05) is 6.61 Å². The predicted octanol–water partition coefficient (Wildman–Crippen LogP) is -0.305. The van der Waals surface area contributed by atoms with E-state index in [2.05, 4.69) is 5.32 Å². The summed E-state index contributed by atoms with van der Waals surface area (Å²) in [5.41, 5.74) is 0. The van der Waals surface area contributed by atoms with Gasteiger partial charge in [0.2, 0.25) is 0 Å². The van der Waals surface area contributed by atoms with Gasteiger partial charge in [0.1, 0.15) is 6.04 Å². The molecule has 0 aliphatic heterocycles. The Kier molecular flexibility index (Phi) is 4.88. The van der Waals surface area contributed by atoms with Gasteiger partial charge in [0.05, 0.1) is 6.61 Å². The summed E-state index contributed by atoms with van der Waals surface area (Å²) in [5, 5.41) is 11.1. The lowest BCUT2D eigenvalue weighted by Gasteiger charge is -2.09. The van der Waals surface area contributed by atoms with Gasteiger partial charge in [-0.15, -0.1) is 0 Å². The van der Waals surface area contributed by atoms with Gasteiger partial charge in [0.25, 0.3) is 0 Å². The minimum Gasteiger partial charge on any atom is -0.480 e. The molecule has 4 heteroatoms. The van der Waals surface area contributed by atoms with Crippen LogP contribution in [0.4, 0.5) is 0 Å². The zero-order chi connectivity index (χ0) is 7.98. The zero-order valence-corrected chi connectivity index (χ0v) is 6.26. The van der Waals surface area contributed by atoms with Crippen LogP contribution in [0.25, 0.3) is 0 Å². The lowest BCUT2D eigenvalue weighted by molar-refractivity contribution is -0.140. The van der Waals surface area contributed by atoms with Crippen molar-refractivity contribution in [2.45, 2.75) is 13.0 Å². The highest BCUT2D eigenvalue weighted by Gasteiger charge is 2.13. The Morgan fingerprint density at radius 1 is 1.80 bits per heavy atom. The first kappa shape index (κ1) is 9.39. The molecule has 2 N–H and O–H groups in total. The molecule has 4 nitrogen and oxygen atoms in total. The van der Waals surface area contributed by atoms with E-state index in [1.165, 1.54) is 0 Å². The molecule has 0 saturated heterocycles. The van der Waals surface area contributed by atoms with E-state index in [0.717, 1.165) is 0 Å². The average molecular weight is 147 g/mol. The van der Waals surface area contributed by atoms with E-state index in [4.69, 9.17) is 9.84 Å². The number of nitrogens with one attached hydrogen (secondary N) is 1. The fourth-order valence-corrected chi connectivity index (χ4v) is 0.514. The molecule has 0 aromatic rings. The van der Waals surface area contributed by atoms with E-state index in [1.54, 1.807) is 7.05 Å². The van der Waals surface area contributed by atoms with Crippen molar-refractivity contribution >= 4 is 5.97 Å². The first-order valence-corrected chi connectivity index (χ1v) is 3.20. The van der Waals surface area contributed by atoms with Crippen LogP contribution in [0.15, 0.2) is 0 Å². The SMILES string of the molecule is CCOCC(NC)C(=O)O. The maximum atomic E-state index is 10.3. The van der Waals surface area contributed by atoms with Crippen LogP contribution in [-0.4, -0.2) is 37.4 Å². The first-order chi connectivity index (χ1) is 4.72. The number of carboxylic acid groups (broad SMARTS) is 1. The van der Waals surface area contributed by atoms with Crippen molar-refractivity contribution in [1.82, 2.24) is 5.32 Å². The highest BCUT2D eigenvalue weighted by atomic mass is 16.5. The van der Waals surface area contributed by atoms with Gasteiger partial charge in [-0.05, 0) is 14.0 Å². The van der Waals surface area contributed by atoms with Crippen LogP contribution < -0.4 is 5.32 Å². The monoisotopic (exact) mass is 147 g/mol. The quantitative estimate of drug-likeness (QED) is 0.560. The summed E-state index contributed by atoms with van der Waals surface area (Å²) in [6.45, 7) is 2.60. The fourth-order valence-electron chi connectivity index (χ4n) is 0.514. The molecule has 0 radical (unpaired) electrons. The minimum atomic E-state index is -0.879. The van der Waals surface area contributed by atoms with Crippen molar-refractivity contribution in [2.75, 3.05) is 20.3 Å². The number of carboxylic acids is 1. The van der Waals surface area contributed by atoms with Gasteiger partial charge in [-0.1, -0.05) is 0 Å². The molecular weight excluding hydrogens is 134 g/mol. The molecule has 0 fully saturated rings. The zero-order valence-electron chi connectivity index (χ0n) is 6.26. The molecule has 0 heterocycles. The minimum absolute atomic E-state index is 0.225. The summed E-state index contributed by atoms with van der Waals surface area (Å²) in [6.07, 6.45) is 0. The molecule has 0 rings (SSSR count). The molecule has 1 unspecified atom stereocenters. The number of rotatable bonds is 5. The molecule has 60 valence electrons. The van der Waals surface area contributed by atoms with Crippen molar-refractivity contribution in [2.24, 2.45) is 0 Å². The molecule has 0 aromatic carbocycles. The largest absolute Gasteiger partial charge is 0.480 e. The lowest BCUT2D eigenvalue weighted by Crippen LogP contribution is -2.38. The number of hydrogen-bond donors (Lipinski definition) is 2. The van der Waals surface area contributed by atoms with E-state index in [9.17, 15) is 4.79 Å². The second kappa shape index (κ2) is 5.20. The molecule has 0 saturated carbocycles. The van der Waals surface area contributed by atoms with Crippen molar-refractivity contribution in [3.8, 4) is 0 Å². The van der Waals surface area contributed by atoms with Crippen molar-refractivity contribution in [1.29, 1.82) is 0 Å². The highest BCUT2D eigenvalue weighted by Crippen LogP contribution is 1.84. The summed E-state index contributed by atoms with van der Waals surface area (Å²) in [5.74, 6) is -0.879. The molecule has 10 heavy (non-hydrogen) atoms. The second-order valence-electron chi connectivity index (χ2n) is 1.84. The molecular formula is C6H13NO3. The average Bonchev–Trinajstić information content (AvgIpc) is 1.89. The molecule has 0 bridgehead atoms. The van der Waals surface area contributed by atoms with Crippen LogP contribution in [-0.2, 0) is 9.53 Å². The van der Waals surface area contributed by atoms with Gasteiger partial charge in [-0.3, -0.25) is 4.79 Å². The van der Waals surface area contributed by atoms with E-state index < -0.39 is 12.0 Å². The standard InChI is InChI=1S/C6H13NO3/c1-3-10-4-5(7-2)6(8)9/h5,7H,3-4H2,1-2H3,(H,8,9). The normalized spacial score (nSPS) is 13.0. The van der Waals surface area contributed by atoms with Gasteiger partial charge in [-0.2, -0.15) is 0 Å². The number of hydrogen-bond acceptors (Lipinski definition) is 3. The van der Waals surface area contributed by atoms with Crippen LogP contribution in [0.2, 0.25) is 0 Å². The summed E-state index contributed by atoms with van der Waals surface area (Å²) in [4.78, 5) is 10.3. The van der Waals surface area contributed by atoms with E-state index in [0.29, 0.717) is 6.61 Å². The number of likely N-dealkylation sites (N-methyl/N-ethyl adjacent to an activating group) is 1. The van der Waals surface area contributed by atoms with Crippen LogP contribution in [0.5, 0.6) is 0 Å². The Bertz CT molecular complexity index is 105. The van der Waals surface area contributed by atoms with Gasteiger partial charge in [-0.25, -0.2) is 0 Å². The molecule has 1 atom stereocenters. The summed E-state index contributed by atoms with van der Waals surface area (Å²) >= 11 is 0. The third-order valence-electron chi connectivity index (χ3n) is 1.14. The van der Waals surface area contributed by atoms with Gasteiger partial charge < -0.3 is 15.2 Å². The fraction of sp³-hybridized carbons (Fsp3) is 0.833. The van der Waals surface area contributed by atoms with Crippen molar-refractivity contribution in [3.05, 3.63) is 0 Å². The molecule has 0 amide bonds. The molecule has 0 aliphatic rings. The van der Waals surface area contributed by atoms with Crippen LogP contribution in [0, 0.1) is 0 Å². The first-order valence-electron chi connectivity index (χ1n) is 3.20. The second-order valence-corrected chi connectivity index (χ2v) is 1.84. The molecule has 0 spiro atoms. The van der Waals surface area contributed by atoms with Gasteiger partial charge in [0.15, 0.2) is 0 Å². The molecule has 0 aliphatic carbocycles. The number of ether oxygens (including phenoxy) is 1. The highest BCUT2D eigenvalue weighted by molar-refractivity contribution is 5.73. The Labute approximate surface area is 60.2 Å². The Hall–Kier alpha value is -0.610. The third-order valence-corrected chi connectivity index (χ3v) is 1.14. The summed E-state index contributed by atoms with van der Waals surface area (Å²) < 4.78 is 4.90. The maximum Gasteiger partial charge on any atom is 0.323 e. The Morgan fingerprint density at radius 2 is 2.40 bits per heavy atom. The van der Waals surface area contributed by atoms with Crippen LogP contribution >= 0.6 is 0 Å². The summed E-state index contributed by atoms with van der Waals surface area (Å²) in [6, 6.07) is -0.583. The van der Waals surface area contributed by atoms with Crippen molar-refractivity contribution in [3.63, 3.8) is 0 Å². The lowest BCUT2D eigenvalue weighted by atomic mass is 10.3.